The van der Waals surface area contributed by atoms with Gasteiger partial charge in [-0.1, -0.05) is 26.7 Å². The number of hydrogen-bond donors (Lipinski definition) is 2. The van der Waals surface area contributed by atoms with Crippen molar-refractivity contribution < 1.29 is 4.79 Å². The van der Waals surface area contributed by atoms with Crippen LogP contribution in [0.4, 0.5) is 0 Å². The van der Waals surface area contributed by atoms with Crippen LogP contribution in [0.5, 0.6) is 0 Å². The fraction of sp³-hybridized carbons (Fsp3) is 0.917. The Morgan fingerprint density at radius 1 is 1.33 bits per heavy atom. The molecule has 1 aliphatic rings. The number of carbonyl (C=O) groups excluding carboxylic acids is 1. The second kappa shape index (κ2) is 4.97. The monoisotopic (exact) mass is 212 g/mol. The van der Waals surface area contributed by atoms with E-state index >= 15 is 0 Å². The van der Waals surface area contributed by atoms with Crippen molar-refractivity contribution >= 4 is 5.91 Å². The van der Waals surface area contributed by atoms with Crippen LogP contribution in [-0.2, 0) is 4.79 Å². The molecule has 0 heterocycles. The van der Waals surface area contributed by atoms with Crippen LogP contribution in [-0.4, -0.2) is 17.5 Å². The molecule has 88 valence electrons. The van der Waals surface area contributed by atoms with Crippen molar-refractivity contribution in [3.05, 3.63) is 0 Å². The Morgan fingerprint density at radius 3 is 2.40 bits per heavy atom. The lowest BCUT2D eigenvalue weighted by atomic mass is 10.0. The topological polar surface area (TPSA) is 55.1 Å². The van der Waals surface area contributed by atoms with Gasteiger partial charge >= 0.3 is 0 Å². The van der Waals surface area contributed by atoms with Gasteiger partial charge < -0.3 is 11.1 Å². The van der Waals surface area contributed by atoms with E-state index in [1.165, 1.54) is 12.8 Å². The third-order valence-corrected chi connectivity index (χ3v) is 3.04. The van der Waals surface area contributed by atoms with Gasteiger partial charge in [-0.3, -0.25) is 4.79 Å². The molecule has 1 atom stereocenters. The molecule has 0 bridgehead atoms. The Morgan fingerprint density at radius 2 is 1.93 bits per heavy atom. The quantitative estimate of drug-likeness (QED) is 0.705. The molecule has 15 heavy (non-hydrogen) atoms. The lowest BCUT2D eigenvalue weighted by molar-refractivity contribution is -0.123. The maximum absolute atomic E-state index is 11.6. The van der Waals surface area contributed by atoms with Gasteiger partial charge in [0.25, 0.3) is 0 Å². The first-order valence-electron chi connectivity index (χ1n) is 6.04. The van der Waals surface area contributed by atoms with E-state index in [0.29, 0.717) is 0 Å². The van der Waals surface area contributed by atoms with Crippen molar-refractivity contribution in [3.63, 3.8) is 0 Å². The summed E-state index contributed by atoms with van der Waals surface area (Å²) in [6.07, 6.45) is 5.15. The van der Waals surface area contributed by atoms with E-state index in [9.17, 15) is 4.79 Å². The van der Waals surface area contributed by atoms with Gasteiger partial charge in [0.05, 0.1) is 5.54 Å². The van der Waals surface area contributed by atoms with E-state index in [1.54, 1.807) is 0 Å². The smallest absolute Gasteiger partial charge is 0.240 e. The Labute approximate surface area is 92.8 Å². The zero-order valence-corrected chi connectivity index (χ0v) is 10.2. The highest BCUT2D eigenvalue weighted by atomic mass is 16.2. The van der Waals surface area contributed by atoms with Gasteiger partial charge in [-0.15, -0.1) is 0 Å². The molecule has 0 aromatic heterocycles. The van der Waals surface area contributed by atoms with Crippen molar-refractivity contribution in [3.8, 4) is 0 Å². The molecule has 0 aromatic rings. The van der Waals surface area contributed by atoms with Crippen LogP contribution in [0, 0.1) is 5.92 Å². The predicted octanol–water partition coefficient (Wildman–Crippen LogP) is 1.81. The summed E-state index contributed by atoms with van der Waals surface area (Å²) in [5, 5.41) is 2.99. The minimum atomic E-state index is -0.522. The summed E-state index contributed by atoms with van der Waals surface area (Å²) in [6, 6.07) is 0.261. The maximum Gasteiger partial charge on any atom is 0.240 e. The Balaban J connectivity index is 2.13. The number of rotatable bonds is 6. The summed E-state index contributed by atoms with van der Waals surface area (Å²) in [6.45, 7) is 6.51. The highest BCUT2D eigenvalue weighted by Crippen LogP contribution is 2.32. The summed E-state index contributed by atoms with van der Waals surface area (Å²) in [7, 11) is 0. The average Bonchev–Trinajstić information content (AvgIpc) is 2.84. The third-order valence-electron chi connectivity index (χ3n) is 3.04. The van der Waals surface area contributed by atoms with Gasteiger partial charge in [-0.2, -0.15) is 0 Å². The van der Waals surface area contributed by atoms with Crippen molar-refractivity contribution in [2.24, 2.45) is 11.7 Å². The van der Waals surface area contributed by atoms with E-state index in [-0.39, 0.29) is 11.9 Å². The third kappa shape index (κ3) is 4.20. The molecule has 1 aliphatic carbocycles. The molecular formula is C12H24N2O. The fourth-order valence-corrected chi connectivity index (χ4v) is 1.63. The highest BCUT2D eigenvalue weighted by molar-refractivity contribution is 5.89. The number of carbonyl (C=O) groups is 1. The van der Waals surface area contributed by atoms with E-state index < -0.39 is 5.54 Å². The Kier molecular flexibility index (Phi) is 4.14. The molecule has 1 saturated carbocycles. The minimum Gasteiger partial charge on any atom is -0.352 e. The standard InChI is InChI=1S/C12H24N2O/c1-9(2)5-4-6-10(3)14-11(15)12(13)7-8-12/h9-10H,4-8,13H2,1-3H3,(H,14,15). The second-order valence-corrected chi connectivity index (χ2v) is 5.36. The van der Waals surface area contributed by atoms with Crippen LogP contribution in [0.15, 0.2) is 0 Å². The second-order valence-electron chi connectivity index (χ2n) is 5.36. The summed E-state index contributed by atoms with van der Waals surface area (Å²) < 4.78 is 0. The van der Waals surface area contributed by atoms with Crippen molar-refractivity contribution in [1.29, 1.82) is 0 Å². The largest absolute Gasteiger partial charge is 0.352 e. The first-order valence-corrected chi connectivity index (χ1v) is 6.04. The number of nitrogens with one attached hydrogen (secondary N) is 1. The molecule has 3 heteroatoms. The molecule has 0 radical (unpaired) electrons. The zero-order valence-electron chi connectivity index (χ0n) is 10.2. The SMILES string of the molecule is CC(C)CCCC(C)NC(=O)C1(N)CC1. The molecule has 1 fully saturated rings. The lowest BCUT2D eigenvalue weighted by Crippen LogP contribution is -2.46. The van der Waals surface area contributed by atoms with E-state index in [0.717, 1.165) is 25.2 Å². The van der Waals surface area contributed by atoms with Crippen molar-refractivity contribution in [1.82, 2.24) is 5.32 Å². The summed E-state index contributed by atoms with van der Waals surface area (Å²) in [4.78, 5) is 11.6. The summed E-state index contributed by atoms with van der Waals surface area (Å²) in [5.74, 6) is 0.789. The zero-order chi connectivity index (χ0) is 11.5. The molecule has 0 spiro atoms. The predicted molar refractivity (Wildman–Crippen MR) is 62.4 cm³/mol. The normalized spacial score (nSPS) is 20.1. The number of amides is 1. The van der Waals surface area contributed by atoms with Gasteiger partial charge in [0.1, 0.15) is 0 Å². The molecule has 0 aromatic carbocycles. The first-order chi connectivity index (χ1) is 6.94. The van der Waals surface area contributed by atoms with Crippen LogP contribution in [0.3, 0.4) is 0 Å². The molecular weight excluding hydrogens is 188 g/mol. The van der Waals surface area contributed by atoms with Crippen LogP contribution in [0.1, 0.15) is 52.9 Å². The average molecular weight is 212 g/mol. The molecule has 1 unspecified atom stereocenters. The number of hydrogen-bond acceptors (Lipinski definition) is 2. The first kappa shape index (κ1) is 12.5. The molecule has 1 rings (SSSR count). The van der Waals surface area contributed by atoms with E-state index in [2.05, 4.69) is 26.1 Å². The van der Waals surface area contributed by atoms with Crippen molar-refractivity contribution in [2.45, 2.75) is 64.5 Å². The molecule has 1 amide bonds. The van der Waals surface area contributed by atoms with Gasteiger partial charge in [-0.05, 0) is 32.1 Å². The maximum atomic E-state index is 11.6. The van der Waals surface area contributed by atoms with Crippen LogP contribution >= 0.6 is 0 Å². The summed E-state index contributed by atoms with van der Waals surface area (Å²) >= 11 is 0. The van der Waals surface area contributed by atoms with Crippen molar-refractivity contribution in [2.75, 3.05) is 0 Å². The highest BCUT2D eigenvalue weighted by Gasteiger charge is 2.46. The Hall–Kier alpha value is -0.570. The van der Waals surface area contributed by atoms with Crippen LogP contribution in [0.2, 0.25) is 0 Å². The molecule has 3 nitrogen and oxygen atoms in total. The van der Waals surface area contributed by atoms with Gasteiger partial charge in [0.2, 0.25) is 5.91 Å². The van der Waals surface area contributed by atoms with Gasteiger partial charge in [-0.25, -0.2) is 0 Å². The van der Waals surface area contributed by atoms with Gasteiger partial charge in [0.15, 0.2) is 0 Å². The van der Waals surface area contributed by atoms with E-state index in [1.807, 2.05) is 0 Å². The lowest BCUT2D eigenvalue weighted by Gasteiger charge is -2.17. The Bertz CT molecular complexity index is 222. The minimum absolute atomic E-state index is 0.0412. The summed E-state index contributed by atoms with van der Waals surface area (Å²) in [5.41, 5.74) is 5.28. The van der Waals surface area contributed by atoms with Crippen LogP contribution in [0.25, 0.3) is 0 Å². The van der Waals surface area contributed by atoms with Crippen LogP contribution < -0.4 is 11.1 Å². The number of nitrogens with two attached hydrogens (primary N) is 1. The molecule has 0 saturated heterocycles. The molecule has 0 aliphatic heterocycles. The van der Waals surface area contributed by atoms with Gasteiger partial charge in [0, 0.05) is 6.04 Å². The fourth-order valence-electron chi connectivity index (χ4n) is 1.63. The van der Waals surface area contributed by atoms with E-state index in [4.69, 9.17) is 5.73 Å². The molecule has 3 N–H and O–H groups in total.